The van der Waals surface area contributed by atoms with Crippen molar-refractivity contribution in [2.75, 3.05) is 0 Å². The van der Waals surface area contributed by atoms with Gasteiger partial charge in [-0.1, -0.05) is 46.5 Å². The minimum Gasteiger partial charge on any atom is -0.0654 e. The molecule has 0 aromatic carbocycles. The quantitative estimate of drug-likeness (QED) is 0.584. The molecule has 0 saturated heterocycles. The lowest BCUT2D eigenvalue weighted by Gasteiger charge is -2.19. The van der Waals surface area contributed by atoms with Gasteiger partial charge in [-0.05, 0) is 29.6 Å². The van der Waals surface area contributed by atoms with E-state index < -0.39 is 0 Å². The maximum absolute atomic E-state index is 2.43. The molecule has 0 aromatic heterocycles. The van der Waals surface area contributed by atoms with E-state index in [9.17, 15) is 0 Å². The van der Waals surface area contributed by atoms with Gasteiger partial charge in [0.25, 0.3) is 0 Å². The highest BCUT2D eigenvalue weighted by Gasteiger charge is 2.71. The second kappa shape index (κ2) is 3.05. The van der Waals surface area contributed by atoms with Gasteiger partial charge in [-0.25, -0.2) is 0 Å². The SMILES string of the molecule is CCCCC(CC)C1C2C(C)C12. The Hall–Kier alpha value is 0. The molecule has 0 spiro atoms. The fourth-order valence-electron chi connectivity index (χ4n) is 3.23. The van der Waals surface area contributed by atoms with Crippen LogP contribution in [0.1, 0.15) is 46.5 Å². The highest BCUT2D eigenvalue weighted by atomic mass is 14.8. The van der Waals surface area contributed by atoms with Crippen molar-refractivity contribution in [1.29, 1.82) is 0 Å². The van der Waals surface area contributed by atoms with Crippen LogP contribution in [0.15, 0.2) is 0 Å². The minimum absolute atomic E-state index is 1.09. The van der Waals surface area contributed by atoms with Crippen LogP contribution in [0.3, 0.4) is 0 Å². The molecule has 2 aliphatic carbocycles. The van der Waals surface area contributed by atoms with Crippen molar-refractivity contribution < 1.29 is 0 Å². The molecule has 0 amide bonds. The van der Waals surface area contributed by atoms with E-state index in [1.54, 1.807) is 0 Å². The van der Waals surface area contributed by atoms with Gasteiger partial charge in [-0.2, -0.15) is 0 Å². The standard InChI is InChI=1S/C12H22/c1-4-6-7-9(5-2)12-10-8(3)11(10)12/h8-12H,4-7H2,1-3H3. The van der Waals surface area contributed by atoms with Crippen LogP contribution in [0.2, 0.25) is 0 Å². The first kappa shape index (κ1) is 8.59. The summed E-state index contributed by atoms with van der Waals surface area (Å²) in [5.74, 6) is 5.76. The van der Waals surface area contributed by atoms with Crippen molar-refractivity contribution in [3.63, 3.8) is 0 Å². The molecule has 3 atom stereocenters. The van der Waals surface area contributed by atoms with E-state index in [1.165, 1.54) is 43.4 Å². The van der Waals surface area contributed by atoms with Gasteiger partial charge in [0.05, 0.1) is 0 Å². The summed E-state index contributed by atoms with van der Waals surface area (Å²) < 4.78 is 0. The normalized spacial score (nSPS) is 45.2. The second-order valence-corrected chi connectivity index (χ2v) is 4.90. The summed E-state index contributed by atoms with van der Waals surface area (Å²) in [6.07, 6.45) is 5.79. The van der Waals surface area contributed by atoms with Gasteiger partial charge in [0.15, 0.2) is 0 Å². The molecule has 0 bridgehead atoms. The average Bonchev–Trinajstić information content (AvgIpc) is 2.95. The Labute approximate surface area is 76.7 Å². The van der Waals surface area contributed by atoms with Crippen molar-refractivity contribution in [3.8, 4) is 0 Å². The topological polar surface area (TPSA) is 0 Å². The molecule has 0 heteroatoms. The maximum Gasteiger partial charge on any atom is -0.0318 e. The van der Waals surface area contributed by atoms with Crippen molar-refractivity contribution >= 4 is 0 Å². The Kier molecular flexibility index (Phi) is 2.18. The number of hydrogen-bond acceptors (Lipinski definition) is 0. The summed E-state index contributed by atoms with van der Waals surface area (Å²) in [5.41, 5.74) is 0. The molecule has 2 fully saturated rings. The third-order valence-corrected chi connectivity index (χ3v) is 4.26. The molecular formula is C12H22. The molecule has 2 aliphatic rings. The van der Waals surface area contributed by atoms with Crippen molar-refractivity contribution in [3.05, 3.63) is 0 Å². The molecule has 0 heterocycles. The Morgan fingerprint density at radius 1 is 1.17 bits per heavy atom. The monoisotopic (exact) mass is 166 g/mol. The Morgan fingerprint density at radius 2 is 1.83 bits per heavy atom. The zero-order valence-corrected chi connectivity index (χ0v) is 8.72. The van der Waals surface area contributed by atoms with E-state index in [-0.39, 0.29) is 0 Å². The minimum atomic E-state index is 1.09. The largest absolute Gasteiger partial charge is 0.0654 e. The van der Waals surface area contributed by atoms with Crippen LogP contribution < -0.4 is 0 Å². The smallest absolute Gasteiger partial charge is 0.0318 e. The Bertz CT molecular complexity index is 151. The van der Waals surface area contributed by atoms with Crippen molar-refractivity contribution in [2.45, 2.75) is 46.5 Å². The number of rotatable bonds is 5. The molecule has 0 nitrogen and oxygen atoms in total. The van der Waals surface area contributed by atoms with Crippen LogP contribution in [-0.4, -0.2) is 0 Å². The molecule has 0 aliphatic heterocycles. The zero-order valence-electron chi connectivity index (χ0n) is 8.72. The third-order valence-electron chi connectivity index (χ3n) is 4.26. The average molecular weight is 166 g/mol. The van der Waals surface area contributed by atoms with Crippen molar-refractivity contribution in [2.24, 2.45) is 29.6 Å². The van der Waals surface area contributed by atoms with E-state index in [4.69, 9.17) is 0 Å². The molecule has 0 N–H and O–H groups in total. The van der Waals surface area contributed by atoms with E-state index in [0.29, 0.717) is 0 Å². The van der Waals surface area contributed by atoms with Gasteiger partial charge in [0.2, 0.25) is 0 Å². The first-order valence-electron chi connectivity index (χ1n) is 5.81. The predicted octanol–water partition coefficient (Wildman–Crippen LogP) is 3.71. The van der Waals surface area contributed by atoms with Crippen molar-refractivity contribution in [1.82, 2.24) is 0 Å². The summed E-state index contributed by atoms with van der Waals surface area (Å²) in [4.78, 5) is 0. The van der Waals surface area contributed by atoms with Gasteiger partial charge in [-0.15, -0.1) is 0 Å². The zero-order chi connectivity index (χ0) is 8.72. The third kappa shape index (κ3) is 1.20. The molecule has 12 heavy (non-hydrogen) atoms. The first-order valence-corrected chi connectivity index (χ1v) is 5.81. The van der Waals surface area contributed by atoms with Crippen LogP contribution in [0.25, 0.3) is 0 Å². The van der Waals surface area contributed by atoms with Crippen LogP contribution in [-0.2, 0) is 0 Å². The van der Waals surface area contributed by atoms with Gasteiger partial charge < -0.3 is 0 Å². The van der Waals surface area contributed by atoms with Gasteiger partial charge in [0.1, 0.15) is 0 Å². The lowest BCUT2D eigenvalue weighted by molar-refractivity contribution is 0.308. The maximum atomic E-state index is 2.43. The lowest BCUT2D eigenvalue weighted by atomic mass is 9.86. The predicted molar refractivity (Wildman–Crippen MR) is 52.9 cm³/mol. The highest BCUT2D eigenvalue weighted by molar-refractivity contribution is 5.18. The van der Waals surface area contributed by atoms with E-state index in [1.807, 2.05) is 0 Å². The molecule has 0 aromatic rings. The molecule has 0 radical (unpaired) electrons. The summed E-state index contributed by atoms with van der Waals surface area (Å²) in [6.45, 7) is 7.12. The summed E-state index contributed by atoms with van der Waals surface area (Å²) in [5, 5.41) is 0. The Morgan fingerprint density at radius 3 is 2.25 bits per heavy atom. The lowest BCUT2D eigenvalue weighted by Crippen LogP contribution is -2.10. The second-order valence-electron chi connectivity index (χ2n) is 4.90. The summed E-state index contributed by atoms with van der Waals surface area (Å²) in [7, 11) is 0. The molecule has 3 unspecified atom stereocenters. The first-order chi connectivity index (χ1) is 5.81. The highest BCUT2D eigenvalue weighted by Crippen LogP contribution is 2.75. The van der Waals surface area contributed by atoms with Gasteiger partial charge >= 0.3 is 0 Å². The fourth-order valence-corrected chi connectivity index (χ4v) is 3.23. The van der Waals surface area contributed by atoms with Gasteiger partial charge in [0, 0.05) is 0 Å². The molecule has 2 rings (SSSR count). The van der Waals surface area contributed by atoms with E-state index >= 15 is 0 Å². The molecule has 70 valence electrons. The van der Waals surface area contributed by atoms with E-state index in [2.05, 4.69) is 20.8 Å². The van der Waals surface area contributed by atoms with Gasteiger partial charge in [-0.3, -0.25) is 0 Å². The molecular weight excluding hydrogens is 144 g/mol. The van der Waals surface area contributed by atoms with Crippen LogP contribution in [0, 0.1) is 29.6 Å². The van der Waals surface area contributed by atoms with Crippen LogP contribution in [0.5, 0.6) is 0 Å². The Balaban J connectivity index is 1.71. The summed E-state index contributed by atoms with van der Waals surface area (Å²) in [6, 6.07) is 0. The summed E-state index contributed by atoms with van der Waals surface area (Å²) >= 11 is 0. The fraction of sp³-hybridized carbons (Fsp3) is 1.00. The molecule has 2 saturated carbocycles. The van der Waals surface area contributed by atoms with Crippen LogP contribution in [0.4, 0.5) is 0 Å². The number of unbranched alkanes of at least 4 members (excludes halogenated alkanes) is 1. The van der Waals surface area contributed by atoms with E-state index in [0.717, 1.165) is 11.8 Å². The van der Waals surface area contributed by atoms with Crippen LogP contribution >= 0.6 is 0 Å². The number of fused-ring (bicyclic) bond motifs is 1. The number of hydrogen-bond donors (Lipinski definition) is 0.